The minimum absolute atomic E-state index is 0.0711. The van der Waals surface area contributed by atoms with Gasteiger partial charge in [-0.1, -0.05) is 49.4 Å². The lowest BCUT2D eigenvalue weighted by atomic mass is 10.0. The number of hydrogen-bond acceptors (Lipinski definition) is 4. The van der Waals surface area contributed by atoms with Crippen LogP contribution in [-0.2, 0) is 24.2 Å². The van der Waals surface area contributed by atoms with Gasteiger partial charge in [-0.2, -0.15) is 0 Å². The zero-order chi connectivity index (χ0) is 21.5. The third-order valence-electron chi connectivity index (χ3n) is 4.95. The minimum atomic E-state index is -0.803. The highest BCUT2D eigenvalue weighted by Crippen LogP contribution is 2.17. The van der Waals surface area contributed by atoms with Gasteiger partial charge in [0.15, 0.2) is 0 Å². The number of aliphatic carboxylic acids is 1. The molecule has 0 aliphatic rings. The molecule has 0 radical (unpaired) electrons. The Kier molecular flexibility index (Phi) is 7.01. The van der Waals surface area contributed by atoms with E-state index in [2.05, 4.69) is 0 Å². The maximum Gasteiger partial charge on any atom is 0.306 e. The molecular weight excluding hydrogens is 380 g/mol. The Bertz CT molecular complexity index is 1040. The van der Waals surface area contributed by atoms with Gasteiger partial charge in [0.05, 0.1) is 18.2 Å². The van der Waals surface area contributed by atoms with Gasteiger partial charge in [0.25, 0.3) is 5.56 Å². The highest BCUT2D eigenvalue weighted by atomic mass is 16.5. The summed E-state index contributed by atoms with van der Waals surface area (Å²) in [7, 11) is 0. The van der Waals surface area contributed by atoms with E-state index in [-0.39, 0.29) is 5.56 Å². The van der Waals surface area contributed by atoms with Gasteiger partial charge in [-0.15, -0.1) is 0 Å². The summed E-state index contributed by atoms with van der Waals surface area (Å²) in [6.45, 7) is 4.55. The monoisotopic (exact) mass is 406 g/mol. The summed E-state index contributed by atoms with van der Waals surface area (Å²) in [5, 5.41) is 9.02. The second-order valence-electron chi connectivity index (χ2n) is 7.19. The van der Waals surface area contributed by atoms with Crippen LogP contribution in [0.5, 0.6) is 5.75 Å². The van der Waals surface area contributed by atoms with E-state index < -0.39 is 11.9 Å². The molecule has 0 saturated carbocycles. The van der Waals surface area contributed by atoms with Gasteiger partial charge < -0.3 is 9.84 Å². The van der Waals surface area contributed by atoms with Crippen molar-refractivity contribution in [3.63, 3.8) is 0 Å². The van der Waals surface area contributed by atoms with Crippen LogP contribution in [0.1, 0.15) is 25.2 Å². The van der Waals surface area contributed by atoms with Crippen molar-refractivity contribution in [2.75, 3.05) is 6.61 Å². The number of aromatic nitrogens is 2. The first-order valence-corrected chi connectivity index (χ1v) is 10.1. The van der Waals surface area contributed by atoms with Gasteiger partial charge in [-0.25, -0.2) is 4.98 Å². The summed E-state index contributed by atoms with van der Waals surface area (Å²) >= 11 is 0. The van der Waals surface area contributed by atoms with Gasteiger partial charge in [0.2, 0.25) is 0 Å². The Morgan fingerprint density at radius 3 is 2.47 bits per heavy atom. The summed E-state index contributed by atoms with van der Waals surface area (Å²) in [6, 6.07) is 18.7. The number of carboxylic acid groups (broad SMARTS) is 1. The average molecular weight is 406 g/mol. The van der Waals surface area contributed by atoms with E-state index >= 15 is 0 Å². The van der Waals surface area contributed by atoms with Gasteiger partial charge in [0.1, 0.15) is 11.6 Å². The molecular formula is C24H26N2O4. The summed E-state index contributed by atoms with van der Waals surface area (Å²) in [5.41, 5.74) is 2.45. The van der Waals surface area contributed by atoms with Crippen LogP contribution in [0.25, 0.3) is 11.3 Å². The Labute approximate surface area is 175 Å². The minimum Gasteiger partial charge on any atom is -0.493 e. The number of benzene rings is 2. The van der Waals surface area contributed by atoms with Crippen molar-refractivity contribution in [1.82, 2.24) is 9.55 Å². The van der Waals surface area contributed by atoms with E-state index in [1.54, 1.807) is 17.6 Å². The zero-order valence-electron chi connectivity index (χ0n) is 17.2. The Hall–Kier alpha value is -3.41. The predicted molar refractivity (Wildman–Crippen MR) is 116 cm³/mol. The molecule has 3 aromatic rings. The van der Waals surface area contributed by atoms with E-state index in [0.717, 1.165) is 11.1 Å². The number of rotatable bonds is 9. The zero-order valence-corrected chi connectivity index (χ0v) is 17.2. The van der Waals surface area contributed by atoms with Crippen LogP contribution in [0, 0.1) is 5.92 Å². The molecule has 0 saturated heterocycles. The summed E-state index contributed by atoms with van der Waals surface area (Å²) in [6.07, 6.45) is 0.982. The number of nitrogens with zero attached hydrogens (tertiary/aromatic N) is 2. The number of carboxylic acids is 1. The first-order valence-electron chi connectivity index (χ1n) is 10.1. The molecule has 0 fully saturated rings. The van der Waals surface area contributed by atoms with Gasteiger partial charge >= 0.3 is 5.97 Å². The van der Waals surface area contributed by atoms with Crippen LogP contribution >= 0.6 is 0 Å². The third kappa shape index (κ3) is 5.35. The van der Waals surface area contributed by atoms with E-state index in [0.29, 0.717) is 43.3 Å². The van der Waals surface area contributed by atoms with Crippen LogP contribution in [0.4, 0.5) is 0 Å². The van der Waals surface area contributed by atoms with Crippen molar-refractivity contribution >= 4 is 5.97 Å². The second-order valence-corrected chi connectivity index (χ2v) is 7.19. The summed E-state index contributed by atoms with van der Waals surface area (Å²) in [5.74, 6) is 0.162. The smallest absolute Gasteiger partial charge is 0.306 e. The largest absolute Gasteiger partial charge is 0.493 e. The van der Waals surface area contributed by atoms with Crippen molar-refractivity contribution in [2.24, 2.45) is 5.92 Å². The Morgan fingerprint density at radius 2 is 1.83 bits per heavy atom. The van der Waals surface area contributed by atoms with Crippen LogP contribution in [0.3, 0.4) is 0 Å². The fourth-order valence-electron chi connectivity index (χ4n) is 3.26. The summed E-state index contributed by atoms with van der Waals surface area (Å²) in [4.78, 5) is 28.2. The Morgan fingerprint density at radius 1 is 1.13 bits per heavy atom. The fourth-order valence-corrected chi connectivity index (χ4v) is 3.26. The van der Waals surface area contributed by atoms with E-state index in [9.17, 15) is 9.59 Å². The molecule has 2 aromatic carbocycles. The van der Waals surface area contributed by atoms with Crippen molar-refractivity contribution < 1.29 is 14.6 Å². The molecule has 0 bridgehead atoms. The standard InChI is InChI=1S/C24H26N2O4/c1-3-26-22(25-21(16-23(26)27)19-7-5-4-6-8-19)13-14-30-20-11-9-18(10-12-20)15-17(2)24(28)29/h4-12,16-17H,3,13-15H2,1-2H3,(H,28,29). The molecule has 0 amide bonds. The van der Waals surface area contributed by atoms with Gasteiger partial charge in [-0.05, 0) is 31.0 Å². The lowest BCUT2D eigenvalue weighted by Gasteiger charge is -2.13. The van der Waals surface area contributed by atoms with Crippen molar-refractivity contribution in [3.05, 3.63) is 82.4 Å². The maximum atomic E-state index is 12.5. The van der Waals surface area contributed by atoms with Gasteiger partial charge in [-0.3, -0.25) is 14.2 Å². The lowest BCUT2D eigenvalue weighted by Crippen LogP contribution is -2.25. The highest BCUT2D eigenvalue weighted by molar-refractivity contribution is 5.69. The normalized spacial score (nSPS) is 11.8. The van der Waals surface area contributed by atoms with E-state index in [4.69, 9.17) is 14.8 Å². The average Bonchev–Trinajstić information content (AvgIpc) is 2.75. The molecule has 1 atom stereocenters. The van der Waals surface area contributed by atoms with Crippen LogP contribution in [0.2, 0.25) is 0 Å². The molecule has 0 aliphatic carbocycles. The first kappa shape index (κ1) is 21.3. The molecule has 156 valence electrons. The maximum absolute atomic E-state index is 12.5. The number of ether oxygens (including phenoxy) is 1. The van der Waals surface area contributed by atoms with Crippen LogP contribution < -0.4 is 10.3 Å². The van der Waals surface area contributed by atoms with E-state index in [1.165, 1.54) is 0 Å². The third-order valence-corrected chi connectivity index (χ3v) is 4.95. The molecule has 0 aliphatic heterocycles. The van der Waals surface area contributed by atoms with E-state index in [1.807, 2.05) is 61.5 Å². The molecule has 3 rings (SSSR count). The molecule has 1 unspecified atom stereocenters. The molecule has 0 spiro atoms. The fraction of sp³-hybridized carbons (Fsp3) is 0.292. The topological polar surface area (TPSA) is 81.4 Å². The van der Waals surface area contributed by atoms with Crippen molar-refractivity contribution in [1.29, 1.82) is 0 Å². The number of carbonyl (C=O) groups is 1. The second kappa shape index (κ2) is 9.87. The highest BCUT2D eigenvalue weighted by Gasteiger charge is 2.12. The number of hydrogen-bond donors (Lipinski definition) is 1. The first-order chi connectivity index (χ1) is 14.5. The molecule has 1 N–H and O–H groups in total. The molecule has 30 heavy (non-hydrogen) atoms. The SMILES string of the molecule is CCn1c(CCOc2ccc(CC(C)C(=O)O)cc2)nc(-c2ccccc2)cc1=O. The molecule has 6 nitrogen and oxygen atoms in total. The Balaban J connectivity index is 1.67. The predicted octanol–water partition coefficient (Wildman–Crippen LogP) is 3.81. The molecule has 1 aromatic heterocycles. The van der Waals surface area contributed by atoms with Crippen molar-refractivity contribution in [2.45, 2.75) is 33.2 Å². The van der Waals surface area contributed by atoms with Crippen LogP contribution in [-0.4, -0.2) is 27.2 Å². The molecule has 6 heteroatoms. The quantitative estimate of drug-likeness (QED) is 0.584. The lowest BCUT2D eigenvalue weighted by molar-refractivity contribution is -0.141. The van der Waals surface area contributed by atoms with Gasteiger partial charge in [0, 0.05) is 24.6 Å². The summed E-state index contributed by atoms with van der Waals surface area (Å²) < 4.78 is 7.49. The van der Waals surface area contributed by atoms with Crippen molar-refractivity contribution in [3.8, 4) is 17.0 Å². The van der Waals surface area contributed by atoms with Crippen LogP contribution in [0.15, 0.2) is 65.5 Å². The molecule has 1 heterocycles.